The molecule has 1 aromatic carbocycles. The van der Waals surface area contributed by atoms with Gasteiger partial charge in [0.05, 0.1) is 13.2 Å². The second kappa shape index (κ2) is 7.76. The summed E-state index contributed by atoms with van der Waals surface area (Å²) in [5.74, 6) is 0.457. The molecule has 0 radical (unpaired) electrons. The van der Waals surface area contributed by atoms with Gasteiger partial charge in [-0.25, -0.2) is 4.39 Å². The van der Waals surface area contributed by atoms with Crippen molar-refractivity contribution < 1.29 is 13.9 Å². The lowest BCUT2D eigenvalue weighted by molar-refractivity contribution is 0.0178. The van der Waals surface area contributed by atoms with Crippen molar-refractivity contribution in [2.24, 2.45) is 11.7 Å². The molecule has 1 aromatic rings. The maximum Gasteiger partial charge on any atom is 0.165 e. The largest absolute Gasteiger partial charge is 0.494 e. The number of rotatable bonds is 6. The molecule has 0 saturated heterocycles. The van der Waals surface area contributed by atoms with Gasteiger partial charge in [-0.05, 0) is 42.9 Å². The van der Waals surface area contributed by atoms with E-state index in [1.165, 1.54) is 45.3 Å². The molecule has 2 unspecified atom stereocenters. The summed E-state index contributed by atoms with van der Waals surface area (Å²) in [5.41, 5.74) is 7.22. The normalized spacial score (nSPS) is 19.2. The Balaban J connectivity index is 2.01. The summed E-state index contributed by atoms with van der Waals surface area (Å²) >= 11 is 0. The summed E-state index contributed by atoms with van der Waals surface area (Å²) in [6.07, 6.45) is 6.87. The molecule has 0 heterocycles. The smallest absolute Gasteiger partial charge is 0.165 e. The van der Waals surface area contributed by atoms with Crippen LogP contribution in [-0.4, -0.2) is 26.4 Å². The predicted octanol–water partition coefficient (Wildman–Crippen LogP) is 3.30. The Bertz CT molecular complexity index is 446. The highest BCUT2D eigenvalue weighted by molar-refractivity contribution is 5.29. The van der Waals surface area contributed by atoms with Crippen molar-refractivity contribution in [3.05, 3.63) is 29.6 Å². The first-order valence-corrected chi connectivity index (χ1v) is 7.76. The van der Waals surface area contributed by atoms with Gasteiger partial charge in [-0.3, -0.25) is 0 Å². The number of methoxy groups -OCH3 is 2. The first-order valence-electron chi connectivity index (χ1n) is 7.76. The Morgan fingerprint density at radius 2 is 1.95 bits per heavy atom. The van der Waals surface area contributed by atoms with Crippen LogP contribution >= 0.6 is 0 Å². The van der Waals surface area contributed by atoms with Crippen LogP contribution in [0.15, 0.2) is 18.2 Å². The third kappa shape index (κ3) is 4.17. The van der Waals surface area contributed by atoms with Crippen molar-refractivity contribution in [1.29, 1.82) is 0 Å². The maximum atomic E-state index is 13.7. The molecule has 0 aliphatic heterocycles. The zero-order valence-corrected chi connectivity index (χ0v) is 13.0. The summed E-state index contributed by atoms with van der Waals surface area (Å²) < 4.78 is 24.3. The highest BCUT2D eigenvalue weighted by Crippen LogP contribution is 2.30. The van der Waals surface area contributed by atoms with E-state index < -0.39 is 0 Å². The third-order valence-corrected chi connectivity index (χ3v) is 4.50. The quantitative estimate of drug-likeness (QED) is 0.876. The number of hydrogen-bond acceptors (Lipinski definition) is 3. The van der Waals surface area contributed by atoms with E-state index in [0.29, 0.717) is 12.3 Å². The van der Waals surface area contributed by atoms with E-state index in [1.807, 2.05) is 6.07 Å². The second-order valence-electron chi connectivity index (χ2n) is 5.94. The van der Waals surface area contributed by atoms with Gasteiger partial charge in [0.25, 0.3) is 0 Å². The van der Waals surface area contributed by atoms with Gasteiger partial charge in [0.15, 0.2) is 11.6 Å². The lowest BCUT2D eigenvalue weighted by Gasteiger charge is -2.33. The fourth-order valence-electron chi connectivity index (χ4n) is 3.40. The fraction of sp³-hybridized carbons (Fsp3) is 0.647. The van der Waals surface area contributed by atoms with E-state index in [1.54, 1.807) is 13.2 Å². The van der Waals surface area contributed by atoms with Crippen LogP contribution in [0.2, 0.25) is 0 Å². The van der Waals surface area contributed by atoms with Crippen LogP contribution in [-0.2, 0) is 11.2 Å². The Morgan fingerprint density at radius 3 is 2.52 bits per heavy atom. The zero-order chi connectivity index (χ0) is 15.2. The van der Waals surface area contributed by atoms with E-state index in [2.05, 4.69) is 0 Å². The minimum absolute atomic E-state index is 0.0514. The number of halogens is 1. The van der Waals surface area contributed by atoms with E-state index in [-0.39, 0.29) is 23.7 Å². The molecule has 3 nitrogen and oxygen atoms in total. The standard InChI is InChI=1S/C17H26FNO2/c1-20-16-9-8-12(10-14(16)18)11-15(19)17(21-2)13-6-4-3-5-7-13/h8-10,13,15,17H,3-7,11,19H2,1-2H3. The molecule has 1 aliphatic rings. The van der Waals surface area contributed by atoms with Gasteiger partial charge in [0, 0.05) is 13.2 Å². The molecular weight excluding hydrogens is 269 g/mol. The number of benzene rings is 1. The van der Waals surface area contributed by atoms with Gasteiger partial charge in [0.1, 0.15) is 0 Å². The molecule has 118 valence electrons. The van der Waals surface area contributed by atoms with E-state index >= 15 is 0 Å². The highest BCUT2D eigenvalue weighted by Gasteiger charge is 2.28. The molecule has 0 aromatic heterocycles. The van der Waals surface area contributed by atoms with Crippen LogP contribution in [0, 0.1) is 11.7 Å². The summed E-state index contributed by atoms with van der Waals surface area (Å²) in [4.78, 5) is 0. The van der Waals surface area contributed by atoms with Gasteiger partial charge < -0.3 is 15.2 Å². The van der Waals surface area contributed by atoms with Crippen LogP contribution in [0.5, 0.6) is 5.75 Å². The number of nitrogens with two attached hydrogens (primary N) is 1. The Hall–Kier alpha value is -1.13. The summed E-state index contributed by atoms with van der Waals surface area (Å²) in [7, 11) is 3.20. The van der Waals surface area contributed by atoms with E-state index in [9.17, 15) is 4.39 Å². The van der Waals surface area contributed by atoms with E-state index in [4.69, 9.17) is 15.2 Å². The minimum atomic E-state index is -0.339. The summed E-state index contributed by atoms with van der Waals surface area (Å²) in [6.45, 7) is 0. The van der Waals surface area contributed by atoms with Crippen LogP contribution in [0.25, 0.3) is 0 Å². The van der Waals surface area contributed by atoms with Crippen molar-refractivity contribution in [2.45, 2.75) is 50.7 Å². The lowest BCUT2D eigenvalue weighted by atomic mass is 9.81. The highest BCUT2D eigenvalue weighted by atomic mass is 19.1. The van der Waals surface area contributed by atoms with Crippen molar-refractivity contribution in [1.82, 2.24) is 0 Å². The van der Waals surface area contributed by atoms with Gasteiger partial charge in [0.2, 0.25) is 0 Å². The van der Waals surface area contributed by atoms with Crippen LogP contribution in [0.1, 0.15) is 37.7 Å². The SMILES string of the molecule is COc1ccc(CC(N)C(OC)C2CCCCC2)cc1F. The first-order chi connectivity index (χ1) is 10.2. The second-order valence-corrected chi connectivity index (χ2v) is 5.94. The molecule has 1 aliphatic carbocycles. The average Bonchev–Trinajstić information content (AvgIpc) is 2.49. The average molecular weight is 295 g/mol. The molecule has 0 amide bonds. The topological polar surface area (TPSA) is 44.5 Å². The lowest BCUT2D eigenvalue weighted by Crippen LogP contribution is -2.43. The minimum Gasteiger partial charge on any atom is -0.494 e. The van der Waals surface area contributed by atoms with Crippen LogP contribution in [0.4, 0.5) is 4.39 Å². The van der Waals surface area contributed by atoms with Crippen molar-refractivity contribution in [3.8, 4) is 5.75 Å². The summed E-state index contributed by atoms with van der Waals surface area (Å²) in [6, 6.07) is 4.92. The van der Waals surface area contributed by atoms with Gasteiger partial charge in [-0.1, -0.05) is 25.3 Å². The molecule has 21 heavy (non-hydrogen) atoms. The summed E-state index contributed by atoms with van der Waals surface area (Å²) in [5, 5.41) is 0. The first kappa shape index (κ1) is 16.2. The number of hydrogen-bond donors (Lipinski definition) is 1. The monoisotopic (exact) mass is 295 g/mol. The Morgan fingerprint density at radius 1 is 1.24 bits per heavy atom. The van der Waals surface area contributed by atoms with E-state index in [0.717, 1.165) is 5.56 Å². The fourth-order valence-corrected chi connectivity index (χ4v) is 3.40. The molecule has 0 spiro atoms. The molecule has 4 heteroatoms. The molecular formula is C17H26FNO2. The third-order valence-electron chi connectivity index (χ3n) is 4.50. The molecule has 2 atom stereocenters. The van der Waals surface area contributed by atoms with Gasteiger partial charge >= 0.3 is 0 Å². The maximum absolute atomic E-state index is 13.7. The van der Waals surface area contributed by atoms with Crippen molar-refractivity contribution in [2.75, 3.05) is 14.2 Å². The van der Waals surface area contributed by atoms with Crippen molar-refractivity contribution >= 4 is 0 Å². The molecule has 1 saturated carbocycles. The molecule has 2 N–H and O–H groups in total. The molecule has 0 bridgehead atoms. The predicted molar refractivity (Wildman–Crippen MR) is 82.0 cm³/mol. The number of ether oxygens (including phenoxy) is 2. The molecule has 2 rings (SSSR count). The zero-order valence-electron chi connectivity index (χ0n) is 13.0. The van der Waals surface area contributed by atoms with Gasteiger partial charge in [-0.2, -0.15) is 0 Å². The Kier molecular flexibility index (Phi) is 6.00. The molecule has 1 fully saturated rings. The van der Waals surface area contributed by atoms with Gasteiger partial charge in [-0.15, -0.1) is 0 Å². The van der Waals surface area contributed by atoms with Crippen molar-refractivity contribution in [3.63, 3.8) is 0 Å². The van der Waals surface area contributed by atoms with Crippen LogP contribution in [0.3, 0.4) is 0 Å². The van der Waals surface area contributed by atoms with Crippen LogP contribution < -0.4 is 10.5 Å². The Labute approximate surface area is 126 Å².